The van der Waals surface area contributed by atoms with Crippen molar-refractivity contribution in [3.8, 4) is 0 Å². The van der Waals surface area contributed by atoms with E-state index in [1.165, 1.54) is 6.92 Å². The van der Waals surface area contributed by atoms with E-state index in [1.807, 2.05) is 0 Å². The molecule has 0 saturated heterocycles. The lowest BCUT2D eigenvalue weighted by Gasteiger charge is -2.27. The van der Waals surface area contributed by atoms with Gasteiger partial charge in [-0.1, -0.05) is 13.8 Å². The molecule has 0 radical (unpaired) electrons. The summed E-state index contributed by atoms with van der Waals surface area (Å²) in [4.78, 5) is 24.2. The Kier molecular flexibility index (Phi) is 4.93. The number of nitrogens with one attached hydrogen (secondary N) is 1. The van der Waals surface area contributed by atoms with Crippen LogP contribution in [0.15, 0.2) is 0 Å². The lowest BCUT2D eigenvalue weighted by molar-refractivity contribution is -0.142. The van der Waals surface area contributed by atoms with E-state index in [0.29, 0.717) is 18.5 Å². The zero-order valence-corrected chi connectivity index (χ0v) is 10.8. The van der Waals surface area contributed by atoms with E-state index in [-0.39, 0.29) is 5.91 Å². The zero-order chi connectivity index (χ0) is 13.0. The molecule has 2 N–H and O–H groups in total. The molecule has 1 rings (SSSR count). The largest absolute Gasteiger partial charge is 0.480 e. The molecule has 0 aliphatic heterocycles. The van der Waals surface area contributed by atoms with Gasteiger partial charge in [-0.2, -0.15) is 0 Å². The highest BCUT2D eigenvalue weighted by Gasteiger charge is 2.32. The van der Waals surface area contributed by atoms with Crippen LogP contribution in [0.25, 0.3) is 0 Å². The fourth-order valence-corrected chi connectivity index (χ4v) is 1.95. The molecule has 5 heteroatoms. The average Bonchev–Trinajstić information content (AvgIpc) is 2.96. The van der Waals surface area contributed by atoms with Crippen LogP contribution in [0.3, 0.4) is 0 Å². The maximum Gasteiger partial charge on any atom is 0.327 e. The predicted molar refractivity (Wildman–Crippen MR) is 64.7 cm³/mol. The Morgan fingerprint density at radius 1 is 1.35 bits per heavy atom. The van der Waals surface area contributed by atoms with Crippen LogP contribution < -0.4 is 5.32 Å². The van der Waals surface area contributed by atoms with Crippen LogP contribution in [0.5, 0.6) is 0 Å². The van der Waals surface area contributed by atoms with Crippen LogP contribution in [0, 0.1) is 5.92 Å². The monoisotopic (exact) mass is 242 g/mol. The number of carboxylic acids is 1. The number of hydrogen-bond acceptors (Lipinski definition) is 3. The van der Waals surface area contributed by atoms with Crippen molar-refractivity contribution in [2.24, 2.45) is 5.92 Å². The highest BCUT2D eigenvalue weighted by molar-refractivity contribution is 5.82. The van der Waals surface area contributed by atoms with Crippen LogP contribution in [-0.2, 0) is 9.59 Å². The van der Waals surface area contributed by atoms with Crippen molar-refractivity contribution < 1.29 is 14.7 Å². The molecule has 0 spiro atoms. The second kappa shape index (κ2) is 6.00. The zero-order valence-electron chi connectivity index (χ0n) is 10.8. The summed E-state index contributed by atoms with van der Waals surface area (Å²) in [6, 6.07) is -0.292. The predicted octanol–water partition coefficient (Wildman–Crippen LogP) is 0.696. The molecule has 1 unspecified atom stereocenters. The summed E-state index contributed by atoms with van der Waals surface area (Å²) in [6.07, 6.45) is 2.28. The van der Waals surface area contributed by atoms with Crippen LogP contribution >= 0.6 is 0 Å². The van der Waals surface area contributed by atoms with Crippen LogP contribution in [0.4, 0.5) is 0 Å². The number of hydrogen-bond donors (Lipinski definition) is 2. The molecule has 98 valence electrons. The molecule has 1 fully saturated rings. The molecular weight excluding hydrogens is 220 g/mol. The maximum atomic E-state index is 11.1. The summed E-state index contributed by atoms with van der Waals surface area (Å²) in [5, 5.41) is 11.6. The van der Waals surface area contributed by atoms with Crippen LogP contribution in [-0.4, -0.2) is 47.1 Å². The highest BCUT2D eigenvalue weighted by Crippen LogP contribution is 2.27. The van der Waals surface area contributed by atoms with Crippen molar-refractivity contribution in [2.75, 3.05) is 13.1 Å². The lowest BCUT2D eigenvalue weighted by Crippen LogP contribution is -2.49. The van der Waals surface area contributed by atoms with Gasteiger partial charge in [-0.3, -0.25) is 9.69 Å². The van der Waals surface area contributed by atoms with Gasteiger partial charge in [0.25, 0.3) is 0 Å². The Morgan fingerprint density at radius 3 is 2.29 bits per heavy atom. The number of carbonyl (C=O) groups is 2. The Balaban J connectivity index is 2.55. The number of carboxylic acid groups (broad SMARTS) is 1. The summed E-state index contributed by atoms with van der Waals surface area (Å²) < 4.78 is 0. The highest BCUT2D eigenvalue weighted by atomic mass is 16.4. The van der Waals surface area contributed by atoms with E-state index in [0.717, 1.165) is 19.4 Å². The fourth-order valence-electron chi connectivity index (χ4n) is 1.95. The topological polar surface area (TPSA) is 69.6 Å². The van der Waals surface area contributed by atoms with Gasteiger partial charge in [0.05, 0.1) is 0 Å². The molecule has 1 amide bonds. The molecule has 0 aromatic carbocycles. The fraction of sp³-hybridized carbons (Fsp3) is 0.833. The minimum atomic E-state index is -0.963. The molecular formula is C12H22N2O3. The summed E-state index contributed by atoms with van der Waals surface area (Å²) in [5.74, 6) is -0.755. The molecule has 0 aromatic rings. The number of rotatable bonds is 7. The first-order valence-corrected chi connectivity index (χ1v) is 6.14. The molecule has 0 bridgehead atoms. The molecule has 5 nitrogen and oxygen atoms in total. The second-order valence-electron chi connectivity index (χ2n) is 5.17. The number of carbonyl (C=O) groups excluding carboxylic acids is 1. The Bertz CT molecular complexity index is 287. The van der Waals surface area contributed by atoms with E-state index in [1.54, 1.807) is 0 Å². The van der Waals surface area contributed by atoms with Crippen molar-refractivity contribution in [2.45, 2.75) is 45.7 Å². The number of aliphatic carboxylic acids is 1. The van der Waals surface area contributed by atoms with Crippen molar-refractivity contribution in [1.29, 1.82) is 0 Å². The third kappa shape index (κ3) is 5.17. The molecule has 1 aliphatic rings. The molecule has 0 heterocycles. The van der Waals surface area contributed by atoms with Crippen molar-refractivity contribution in [3.63, 3.8) is 0 Å². The van der Waals surface area contributed by atoms with Crippen molar-refractivity contribution in [3.05, 3.63) is 0 Å². The van der Waals surface area contributed by atoms with Gasteiger partial charge in [0.1, 0.15) is 6.04 Å². The van der Waals surface area contributed by atoms with Gasteiger partial charge in [-0.15, -0.1) is 0 Å². The number of nitrogens with zero attached hydrogens (tertiary/aromatic N) is 1. The first kappa shape index (κ1) is 14.0. The quantitative estimate of drug-likeness (QED) is 0.689. The van der Waals surface area contributed by atoms with Crippen molar-refractivity contribution >= 4 is 11.9 Å². The van der Waals surface area contributed by atoms with Gasteiger partial charge in [0, 0.05) is 26.1 Å². The van der Waals surface area contributed by atoms with Crippen LogP contribution in [0.1, 0.15) is 33.6 Å². The first-order valence-electron chi connectivity index (χ1n) is 6.14. The van der Waals surface area contributed by atoms with E-state index >= 15 is 0 Å². The van der Waals surface area contributed by atoms with Gasteiger partial charge in [0.15, 0.2) is 0 Å². The average molecular weight is 242 g/mol. The standard InChI is InChI=1S/C12H22N2O3/c1-8(2)6-14(10-4-5-10)7-11(12(16)17)13-9(3)15/h8,10-11H,4-7H2,1-3H3,(H,13,15)(H,16,17). The summed E-state index contributed by atoms with van der Waals surface area (Å²) in [7, 11) is 0. The van der Waals surface area contributed by atoms with E-state index < -0.39 is 12.0 Å². The summed E-state index contributed by atoms with van der Waals surface area (Å²) >= 11 is 0. The third-order valence-corrected chi connectivity index (χ3v) is 2.76. The van der Waals surface area contributed by atoms with E-state index in [4.69, 9.17) is 5.11 Å². The lowest BCUT2D eigenvalue weighted by atomic mass is 10.2. The second-order valence-corrected chi connectivity index (χ2v) is 5.17. The van der Waals surface area contributed by atoms with E-state index in [2.05, 4.69) is 24.1 Å². The van der Waals surface area contributed by atoms with E-state index in [9.17, 15) is 9.59 Å². The van der Waals surface area contributed by atoms with Gasteiger partial charge in [-0.05, 0) is 18.8 Å². The maximum absolute atomic E-state index is 11.1. The van der Waals surface area contributed by atoms with Gasteiger partial charge in [-0.25, -0.2) is 4.79 Å². The SMILES string of the molecule is CC(=O)NC(CN(CC(C)C)C1CC1)C(=O)O. The Labute approximate surface area is 102 Å². The normalized spacial score (nSPS) is 17.2. The third-order valence-electron chi connectivity index (χ3n) is 2.76. The molecule has 0 aromatic heterocycles. The first-order chi connectivity index (χ1) is 7.90. The summed E-state index contributed by atoms with van der Waals surface area (Å²) in [5.41, 5.74) is 0. The minimum Gasteiger partial charge on any atom is -0.480 e. The number of amides is 1. The van der Waals surface area contributed by atoms with Crippen LogP contribution in [0.2, 0.25) is 0 Å². The smallest absolute Gasteiger partial charge is 0.327 e. The summed E-state index contributed by atoms with van der Waals surface area (Å²) in [6.45, 7) is 6.86. The molecule has 1 aliphatic carbocycles. The van der Waals surface area contributed by atoms with Gasteiger partial charge >= 0.3 is 5.97 Å². The Morgan fingerprint density at radius 2 is 1.94 bits per heavy atom. The van der Waals surface area contributed by atoms with Gasteiger partial charge in [0.2, 0.25) is 5.91 Å². The van der Waals surface area contributed by atoms with Crippen molar-refractivity contribution in [1.82, 2.24) is 10.2 Å². The van der Waals surface area contributed by atoms with Gasteiger partial charge < -0.3 is 10.4 Å². The minimum absolute atomic E-state index is 0.294. The molecule has 1 atom stereocenters. The molecule has 17 heavy (non-hydrogen) atoms. The molecule has 1 saturated carbocycles. The Hall–Kier alpha value is -1.10.